The minimum atomic E-state index is 1.10. The van der Waals surface area contributed by atoms with Gasteiger partial charge < -0.3 is 4.90 Å². The molecule has 0 spiro atoms. The summed E-state index contributed by atoms with van der Waals surface area (Å²) < 4.78 is 0. The number of hydrogen-bond donors (Lipinski definition) is 0. The number of benzene rings is 4. The van der Waals surface area contributed by atoms with E-state index in [4.69, 9.17) is 0 Å². The van der Waals surface area contributed by atoms with E-state index in [-0.39, 0.29) is 0 Å². The van der Waals surface area contributed by atoms with Gasteiger partial charge in [-0.05, 0) is 85.7 Å². The average Bonchev–Trinajstić information content (AvgIpc) is 2.85. The third kappa shape index (κ3) is 5.36. The van der Waals surface area contributed by atoms with E-state index in [1.807, 2.05) is 6.08 Å². The summed E-state index contributed by atoms with van der Waals surface area (Å²) in [5, 5.41) is 0. The third-order valence-corrected chi connectivity index (χ3v) is 5.84. The Morgan fingerprint density at radius 2 is 1.16 bits per heavy atom. The maximum absolute atomic E-state index is 3.81. The van der Waals surface area contributed by atoms with Crippen LogP contribution in [0.3, 0.4) is 0 Å². The van der Waals surface area contributed by atoms with Crippen molar-refractivity contribution in [3.8, 4) is 11.1 Å². The van der Waals surface area contributed by atoms with E-state index in [9.17, 15) is 0 Å². The molecule has 0 saturated heterocycles. The number of allylic oxidation sites excluding steroid dienone is 1. The van der Waals surface area contributed by atoms with E-state index < -0.39 is 0 Å². The summed E-state index contributed by atoms with van der Waals surface area (Å²) in [6.07, 6.45) is 6.62. The molecule has 0 radical (unpaired) electrons. The zero-order valence-electron chi connectivity index (χ0n) is 18.9. The van der Waals surface area contributed by atoms with E-state index in [0.29, 0.717) is 0 Å². The van der Waals surface area contributed by atoms with Crippen LogP contribution in [0.1, 0.15) is 30.4 Å². The Balaban J connectivity index is 1.60. The molecule has 160 valence electrons. The Morgan fingerprint density at radius 3 is 1.75 bits per heavy atom. The van der Waals surface area contributed by atoms with E-state index in [0.717, 1.165) is 24.2 Å². The Kier molecular flexibility index (Phi) is 7.19. The van der Waals surface area contributed by atoms with Crippen molar-refractivity contribution in [2.24, 2.45) is 0 Å². The normalized spacial score (nSPS) is 10.7. The molecule has 4 rings (SSSR count). The number of rotatable bonds is 9. The lowest BCUT2D eigenvalue weighted by Gasteiger charge is -2.26. The molecule has 4 aromatic carbocycles. The maximum atomic E-state index is 3.81. The Morgan fingerprint density at radius 1 is 0.625 bits per heavy atom. The van der Waals surface area contributed by atoms with Gasteiger partial charge in [0.15, 0.2) is 0 Å². The molecule has 32 heavy (non-hydrogen) atoms. The van der Waals surface area contributed by atoms with Gasteiger partial charge in [0.1, 0.15) is 0 Å². The lowest BCUT2D eigenvalue weighted by Crippen LogP contribution is -2.09. The van der Waals surface area contributed by atoms with Gasteiger partial charge in [-0.2, -0.15) is 0 Å². The highest BCUT2D eigenvalue weighted by atomic mass is 15.1. The predicted octanol–water partition coefficient (Wildman–Crippen LogP) is 9.03. The van der Waals surface area contributed by atoms with Crippen LogP contribution >= 0.6 is 0 Å². The first-order valence-electron chi connectivity index (χ1n) is 11.5. The maximum Gasteiger partial charge on any atom is 0.0462 e. The fraction of sp³-hybridized carbons (Fsp3) is 0.161. The molecule has 0 bridgehead atoms. The van der Waals surface area contributed by atoms with Crippen LogP contribution < -0.4 is 4.90 Å². The fourth-order valence-corrected chi connectivity index (χ4v) is 4.00. The van der Waals surface area contributed by atoms with Crippen molar-refractivity contribution in [2.45, 2.75) is 32.6 Å². The lowest BCUT2D eigenvalue weighted by atomic mass is 10.0. The smallest absolute Gasteiger partial charge is 0.0462 e. The number of anilines is 3. The van der Waals surface area contributed by atoms with Crippen LogP contribution in [0.25, 0.3) is 11.1 Å². The molecule has 0 amide bonds. The second-order valence-electron chi connectivity index (χ2n) is 8.28. The van der Waals surface area contributed by atoms with Gasteiger partial charge in [0, 0.05) is 17.1 Å². The molecule has 0 saturated carbocycles. The van der Waals surface area contributed by atoms with Gasteiger partial charge in [0.25, 0.3) is 0 Å². The monoisotopic (exact) mass is 417 g/mol. The summed E-state index contributed by atoms with van der Waals surface area (Å²) in [6, 6.07) is 37.1. The third-order valence-electron chi connectivity index (χ3n) is 5.84. The molecule has 0 unspecified atom stereocenters. The largest absolute Gasteiger partial charge is 0.311 e. The van der Waals surface area contributed by atoms with Crippen molar-refractivity contribution in [1.29, 1.82) is 0 Å². The van der Waals surface area contributed by atoms with Crippen LogP contribution in [-0.2, 0) is 6.42 Å². The van der Waals surface area contributed by atoms with Gasteiger partial charge in [-0.15, -0.1) is 6.58 Å². The molecule has 4 aromatic rings. The van der Waals surface area contributed by atoms with E-state index >= 15 is 0 Å². The van der Waals surface area contributed by atoms with Gasteiger partial charge in [0.2, 0.25) is 0 Å². The van der Waals surface area contributed by atoms with Crippen molar-refractivity contribution in [1.82, 2.24) is 0 Å². The topological polar surface area (TPSA) is 3.24 Å². The molecule has 0 aromatic heterocycles. The zero-order valence-corrected chi connectivity index (χ0v) is 18.9. The highest BCUT2D eigenvalue weighted by molar-refractivity contribution is 5.78. The zero-order chi connectivity index (χ0) is 22.2. The number of para-hydroxylation sites is 1. The Hall–Kier alpha value is -3.58. The van der Waals surface area contributed by atoms with Crippen LogP contribution in [0.4, 0.5) is 17.1 Å². The summed E-state index contributed by atoms with van der Waals surface area (Å²) >= 11 is 0. The van der Waals surface area contributed by atoms with Crippen LogP contribution in [0.15, 0.2) is 116 Å². The van der Waals surface area contributed by atoms with Gasteiger partial charge in [0.05, 0.1) is 0 Å². The first-order valence-corrected chi connectivity index (χ1v) is 11.5. The summed E-state index contributed by atoms with van der Waals surface area (Å²) in [7, 11) is 0. The average molecular weight is 418 g/mol. The first-order chi connectivity index (χ1) is 15.7. The van der Waals surface area contributed by atoms with Gasteiger partial charge in [-0.3, -0.25) is 0 Å². The molecule has 0 atom stereocenters. The van der Waals surface area contributed by atoms with Crippen molar-refractivity contribution in [3.05, 3.63) is 127 Å². The second-order valence-corrected chi connectivity index (χ2v) is 8.28. The van der Waals surface area contributed by atoms with E-state index in [1.165, 1.54) is 40.8 Å². The van der Waals surface area contributed by atoms with Gasteiger partial charge in [-0.25, -0.2) is 0 Å². The minimum absolute atomic E-state index is 1.10. The van der Waals surface area contributed by atoms with Crippen molar-refractivity contribution in [2.75, 3.05) is 4.90 Å². The van der Waals surface area contributed by atoms with Crippen molar-refractivity contribution in [3.63, 3.8) is 0 Å². The van der Waals surface area contributed by atoms with Gasteiger partial charge >= 0.3 is 0 Å². The Bertz CT molecular complexity index is 1110. The Labute approximate surface area is 192 Å². The standard InChI is InChI=1S/C31H31N/c1-3-4-5-7-10-26-15-21-30(22-16-26)32(29-11-8-6-9-12-29)31-23-19-28(20-24-31)27-17-13-25(2)14-18-27/h3,6,8-9,11-24H,1,4-5,7,10H2,2H3. The molecule has 0 N–H and O–H groups in total. The quantitative estimate of drug-likeness (QED) is 0.194. The number of hydrogen-bond acceptors (Lipinski definition) is 1. The lowest BCUT2D eigenvalue weighted by molar-refractivity contribution is 0.748. The van der Waals surface area contributed by atoms with Gasteiger partial charge in [-0.1, -0.05) is 78.4 Å². The summed E-state index contributed by atoms with van der Waals surface area (Å²) in [5.41, 5.74) is 8.64. The van der Waals surface area contributed by atoms with Crippen LogP contribution in [0, 0.1) is 6.92 Å². The minimum Gasteiger partial charge on any atom is -0.311 e. The molecule has 0 aliphatic heterocycles. The molecule has 1 heteroatoms. The highest BCUT2D eigenvalue weighted by Crippen LogP contribution is 2.35. The fourth-order valence-electron chi connectivity index (χ4n) is 4.00. The summed E-state index contributed by atoms with van der Waals surface area (Å²) in [4.78, 5) is 2.32. The number of nitrogens with zero attached hydrogens (tertiary/aromatic N) is 1. The molecule has 0 fully saturated rings. The second kappa shape index (κ2) is 10.6. The molecule has 0 aliphatic rings. The van der Waals surface area contributed by atoms with Crippen molar-refractivity contribution < 1.29 is 0 Å². The SMILES string of the molecule is C=CCCCCc1ccc(N(c2ccccc2)c2ccc(-c3ccc(C)cc3)cc2)cc1. The summed E-state index contributed by atoms with van der Waals surface area (Å²) in [5.74, 6) is 0. The summed E-state index contributed by atoms with van der Waals surface area (Å²) in [6.45, 7) is 5.94. The van der Waals surface area contributed by atoms with Crippen LogP contribution in [-0.4, -0.2) is 0 Å². The van der Waals surface area contributed by atoms with E-state index in [2.05, 4.69) is 122 Å². The molecule has 0 aliphatic carbocycles. The first kappa shape index (κ1) is 21.6. The number of aryl methyl sites for hydroxylation is 2. The molecule has 1 nitrogen and oxygen atoms in total. The molecular weight excluding hydrogens is 386 g/mol. The molecular formula is C31H31N. The highest BCUT2D eigenvalue weighted by Gasteiger charge is 2.12. The molecule has 0 heterocycles. The van der Waals surface area contributed by atoms with Crippen LogP contribution in [0.5, 0.6) is 0 Å². The predicted molar refractivity (Wildman–Crippen MR) is 139 cm³/mol. The number of unbranched alkanes of at least 4 members (excludes halogenated alkanes) is 2. The van der Waals surface area contributed by atoms with Crippen molar-refractivity contribution >= 4 is 17.1 Å². The van der Waals surface area contributed by atoms with E-state index in [1.54, 1.807) is 0 Å². The van der Waals surface area contributed by atoms with Crippen LogP contribution in [0.2, 0.25) is 0 Å².